The Kier molecular flexibility index (Phi) is 7.27. The molecule has 30 heavy (non-hydrogen) atoms. The van der Waals surface area contributed by atoms with E-state index in [9.17, 15) is 18.0 Å². The van der Waals surface area contributed by atoms with E-state index in [1.165, 1.54) is 36.5 Å². The van der Waals surface area contributed by atoms with Gasteiger partial charge in [0.2, 0.25) is 11.8 Å². The van der Waals surface area contributed by atoms with E-state index in [1.54, 1.807) is 0 Å². The lowest BCUT2D eigenvalue weighted by Gasteiger charge is -2.24. The molecule has 2 amide bonds. The van der Waals surface area contributed by atoms with Crippen LogP contribution in [0.5, 0.6) is 0 Å². The lowest BCUT2D eigenvalue weighted by Crippen LogP contribution is -2.41. The first-order chi connectivity index (χ1) is 14.2. The van der Waals surface area contributed by atoms with Crippen molar-refractivity contribution >= 4 is 49.5 Å². The molecule has 0 saturated carbocycles. The minimum atomic E-state index is -3.59. The van der Waals surface area contributed by atoms with Gasteiger partial charge in [0.05, 0.1) is 22.4 Å². The van der Waals surface area contributed by atoms with Gasteiger partial charge < -0.3 is 15.4 Å². The molecule has 0 aromatic carbocycles. The van der Waals surface area contributed by atoms with Gasteiger partial charge in [-0.15, -0.1) is 22.7 Å². The number of thiazole rings is 1. The fraction of sp³-hybridized carbons (Fsp3) is 0.526. The van der Waals surface area contributed by atoms with Crippen molar-refractivity contribution in [3.05, 3.63) is 21.9 Å². The Morgan fingerprint density at radius 3 is 2.63 bits per heavy atom. The van der Waals surface area contributed by atoms with Gasteiger partial charge in [-0.3, -0.25) is 9.59 Å². The largest absolute Gasteiger partial charge is 0.381 e. The summed E-state index contributed by atoms with van der Waals surface area (Å²) in [5, 5.41) is 4.10. The van der Waals surface area contributed by atoms with Crippen LogP contribution in [0.3, 0.4) is 0 Å². The van der Waals surface area contributed by atoms with Gasteiger partial charge in [0.25, 0.3) is 0 Å². The molecule has 3 heterocycles. The highest BCUT2D eigenvalue weighted by molar-refractivity contribution is 7.93. The van der Waals surface area contributed by atoms with Crippen LogP contribution in [0.15, 0.2) is 12.1 Å². The average Bonchev–Trinajstić information content (AvgIpc) is 3.32. The molecule has 8 nitrogen and oxygen atoms in total. The normalized spacial score (nSPS) is 16.2. The SMILES string of the molecule is CC(=O)NCc1ccc(-c2nc(NC(=O)C(C)S(=O)(=O)C3CCOCC3)sc2C)s1. The molecule has 3 rings (SSSR count). The number of nitrogens with one attached hydrogen (secondary N) is 2. The van der Waals surface area contributed by atoms with Crippen molar-refractivity contribution in [3.8, 4) is 10.6 Å². The zero-order valence-electron chi connectivity index (χ0n) is 17.1. The predicted octanol–water partition coefficient (Wildman–Crippen LogP) is 2.74. The molecular weight excluding hydrogens is 446 g/mol. The molecule has 1 unspecified atom stereocenters. The molecule has 11 heteroatoms. The summed E-state index contributed by atoms with van der Waals surface area (Å²) in [6, 6.07) is 3.85. The van der Waals surface area contributed by atoms with Crippen molar-refractivity contribution in [1.82, 2.24) is 10.3 Å². The molecule has 0 spiro atoms. The minimum absolute atomic E-state index is 0.0930. The van der Waals surface area contributed by atoms with Gasteiger partial charge in [-0.25, -0.2) is 13.4 Å². The van der Waals surface area contributed by atoms with Gasteiger partial charge in [-0.05, 0) is 38.8 Å². The maximum atomic E-state index is 12.8. The molecule has 164 valence electrons. The number of rotatable bonds is 7. The Morgan fingerprint density at radius 1 is 1.27 bits per heavy atom. The Hall–Kier alpha value is -1.82. The first-order valence-electron chi connectivity index (χ1n) is 9.60. The molecule has 1 aliphatic heterocycles. The Bertz CT molecular complexity index is 1020. The van der Waals surface area contributed by atoms with E-state index in [0.717, 1.165) is 20.3 Å². The van der Waals surface area contributed by atoms with Crippen LogP contribution in [0.4, 0.5) is 5.13 Å². The molecule has 1 aliphatic rings. The van der Waals surface area contributed by atoms with Gasteiger partial charge in [-0.1, -0.05) is 0 Å². The van der Waals surface area contributed by atoms with Crippen molar-refractivity contribution in [2.75, 3.05) is 18.5 Å². The fourth-order valence-corrected chi connectivity index (χ4v) is 6.81. The van der Waals surface area contributed by atoms with Gasteiger partial charge in [0.1, 0.15) is 5.25 Å². The van der Waals surface area contributed by atoms with E-state index < -0.39 is 26.2 Å². The first kappa shape index (κ1) is 22.9. The Labute approximate surface area is 184 Å². The van der Waals surface area contributed by atoms with E-state index in [4.69, 9.17) is 4.74 Å². The van der Waals surface area contributed by atoms with Crippen molar-refractivity contribution in [2.45, 2.75) is 50.7 Å². The molecular formula is C19H25N3O5S3. The number of amides is 2. The Balaban J connectivity index is 1.69. The highest BCUT2D eigenvalue weighted by atomic mass is 32.2. The highest BCUT2D eigenvalue weighted by Crippen LogP contribution is 2.35. The van der Waals surface area contributed by atoms with Crippen molar-refractivity contribution in [2.24, 2.45) is 0 Å². The van der Waals surface area contributed by atoms with E-state index in [2.05, 4.69) is 15.6 Å². The summed E-state index contributed by atoms with van der Waals surface area (Å²) >= 11 is 2.82. The molecule has 1 fully saturated rings. The number of carbonyl (C=O) groups is 2. The number of hydrogen-bond donors (Lipinski definition) is 2. The number of sulfone groups is 1. The molecule has 0 bridgehead atoms. The van der Waals surface area contributed by atoms with Crippen LogP contribution in [-0.2, 0) is 30.7 Å². The van der Waals surface area contributed by atoms with Crippen molar-refractivity contribution < 1.29 is 22.7 Å². The van der Waals surface area contributed by atoms with E-state index in [-0.39, 0.29) is 5.91 Å². The summed E-state index contributed by atoms with van der Waals surface area (Å²) in [4.78, 5) is 31.0. The monoisotopic (exact) mass is 471 g/mol. The summed E-state index contributed by atoms with van der Waals surface area (Å²) in [5.74, 6) is -0.663. The molecule has 2 N–H and O–H groups in total. The summed E-state index contributed by atoms with van der Waals surface area (Å²) in [5.41, 5.74) is 0.745. The maximum Gasteiger partial charge on any atom is 0.244 e. The average molecular weight is 472 g/mol. The predicted molar refractivity (Wildman–Crippen MR) is 119 cm³/mol. The van der Waals surface area contributed by atoms with E-state index in [0.29, 0.717) is 37.7 Å². The molecule has 2 aromatic rings. The summed E-state index contributed by atoms with van der Waals surface area (Å²) in [7, 11) is -3.59. The molecule has 1 atom stereocenters. The standard InChI is InChI=1S/C19H25N3O5S3/c1-11-17(16-5-4-14(29-16)10-20-13(3)23)21-19(28-11)22-18(24)12(2)30(25,26)15-6-8-27-9-7-15/h4-5,12,15H,6-10H2,1-3H3,(H,20,23)(H,21,22,24). The lowest BCUT2D eigenvalue weighted by molar-refractivity contribution is -0.119. The number of aromatic nitrogens is 1. The van der Waals surface area contributed by atoms with Gasteiger partial charge >= 0.3 is 0 Å². The second kappa shape index (κ2) is 9.54. The van der Waals surface area contributed by atoms with Crippen LogP contribution in [0.2, 0.25) is 0 Å². The number of anilines is 1. The number of nitrogens with zero attached hydrogens (tertiary/aromatic N) is 1. The van der Waals surface area contributed by atoms with E-state index in [1.807, 2.05) is 19.1 Å². The van der Waals surface area contributed by atoms with Crippen LogP contribution in [0.25, 0.3) is 10.6 Å². The summed E-state index contributed by atoms with van der Waals surface area (Å²) in [6.07, 6.45) is 0.833. The summed E-state index contributed by atoms with van der Waals surface area (Å²) in [6.45, 7) is 6.05. The lowest BCUT2D eigenvalue weighted by atomic mass is 10.2. The Morgan fingerprint density at radius 2 is 1.97 bits per heavy atom. The van der Waals surface area contributed by atoms with Gasteiger partial charge in [0.15, 0.2) is 15.0 Å². The van der Waals surface area contributed by atoms with E-state index >= 15 is 0 Å². The maximum absolute atomic E-state index is 12.8. The van der Waals surface area contributed by atoms with Gasteiger partial charge in [-0.2, -0.15) is 0 Å². The van der Waals surface area contributed by atoms with Crippen LogP contribution in [0, 0.1) is 6.92 Å². The minimum Gasteiger partial charge on any atom is -0.381 e. The zero-order valence-corrected chi connectivity index (χ0v) is 19.5. The summed E-state index contributed by atoms with van der Waals surface area (Å²) < 4.78 is 30.7. The van der Waals surface area contributed by atoms with Crippen LogP contribution >= 0.6 is 22.7 Å². The molecule has 0 aliphatic carbocycles. The third kappa shape index (κ3) is 5.26. The second-order valence-corrected chi connectivity index (χ2v) is 12.1. The number of thiophene rings is 1. The number of carbonyl (C=O) groups excluding carboxylic acids is 2. The fourth-order valence-electron chi connectivity index (χ4n) is 3.14. The van der Waals surface area contributed by atoms with Crippen LogP contribution in [0.1, 0.15) is 36.4 Å². The number of ether oxygens (including phenoxy) is 1. The topological polar surface area (TPSA) is 114 Å². The smallest absolute Gasteiger partial charge is 0.244 e. The molecule has 0 radical (unpaired) electrons. The molecule has 2 aromatic heterocycles. The van der Waals surface area contributed by atoms with Crippen molar-refractivity contribution in [3.63, 3.8) is 0 Å². The number of hydrogen-bond acceptors (Lipinski definition) is 8. The van der Waals surface area contributed by atoms with Crippen molar-refractivity contribution in [1.29, 1.82) is 0 Å². The third-order valence-electron chi connectivity index (χ3n) is 4.93. The second-order valence-electron chi connectivity index (χ2n) is 7.13. The first-order valence-corrected chi connectivity index (χ1v) is 12.8. The quantitative estimate of drug-likeness (QED) is 0.642. The van der Waals surface area contributed by atoms with Crippen LogP contribution < -0.4 is 10.6 Å². The molecule has 1 saturated heterocycles. The van der Waals surface area contributed by atoms with Gasteiger partial charge in [0, 0.05) is 29.9 Å². The third-order valence-corrected chi connectivity index (χ3v) is 9.51. The number of aryl methyl sites for hydroxylation is 1. The highest BCUT2D eigenvalue weighted by Gasteiger charge is 2.36. The van der Waals surface area contributed by atoms with Crippen LogP contribution in [-0.4, -0.2) is 48.9 Å². The zero-order chi connectivity index (χ0) is 21.9.